The average molecular weight is 309 g/mol. The largest absolute Gasteiger partial charge is 0.477 e. The SMILES string of the molecule is O=C(O)c1sccc1C(=O)N1CCC(OCC2CC2)CC1. The van der Waals surface area contributed by atoms with Gasteiger partial charge in [-0.1, -0.05) is 0 Å². The number of carbonyl (C=O) groups excluding carboxylic acids is 1. The van der Waals surface area contributed by atoms with E-state index in [1.54, 1.807) is 16.3 Å². The zero-order valence-corrected chi connectivity index (χ0v) is 12.6. The number of hydrogen-bond acceptors (Lipinski definition) is 4. The predicted octanol–water partition coefficient (Wildman–Crippen LogP) is 2.48. The molecule has 2 aliphatic rings. The Morgan fingerprint density at radius 3 is 2.62 bits per heavy atom. The number of ether oxygens (including phenoxy) is 1. The van der Waals surface area contributed by atoms with E-state index in [2.05, 4.69) is 0 Å². The van der Waals surface area contributed by atoms with Crippen molar-refractivity contribution in [2.75, 3.05) is 19.7 Å². The van der Waals surface area contributed by atoms with Crippen LogP contribution in [0, 0.1) is 5.92 Å². The second-order valence-electron chi connectivity index (χ2n) is 5.74. The first-order valence-electron chi connectivity index (χ1n) is 7.37. The first kappa shape index (κ1) is 14.5. The van der Waals surface area contributed by atoms with Crippen molar-refractivity contribution in [3.05, 3.63) is 21.9 Å². The number of piperidine rings is 1. The Kier molecular flexibility index (Phi) is 4.26. The topological polar surface area (TPSA) is 66.8 Å². The molecule has 5 nitrogen and oxygen atoms in total. The van der Waals surface area contributed by atoms with Gasteiger partial charge in [0.15, 0.2) is 0 Å². The highest BCUT2D eigenvalue weighted by Crippen LogP contribution is 2.30. The average Bonchev–Trinajstić information content (AvgIpc) is 3.18. The normalized spacial score (nSPS) is 19.7. The molecule has 1 aromatic heterocycles. The smallest absolute Gasteiger partial charge is 0.346 e. The fraction of sp³-hybridized carbons (Fsp3) is 0.600. The summed E-state index contributed by atoms with van der Waals surface area (Å²) in [6, 6.07) is 1.60. The van der Waals surface area contributed by atoms with Crippen LogP contribution in [0.15, 0.2) is 11.4 Å². The molecular formula is C15H19NO4S. The van der Waals surface area contributed by atoms with Gasteiger partial charge in [0.2, 0.25) is 0 Å². The van der Waals surface area contributed by atoms with Crippen molar-refractivity contribution in [2.45, 2.75) is 31.8 Å². The second-order valence-corrected chi connectivity index (χ2v) is 6.65. The van der Waals surface area contributed by atoms with E-state index in [4.69, 9.17) is 9.84 Å². The maximum absolute atomic E-state index is 12.4. The number of carboxylic acid groups (broad SMARTS) is 1. The Morgan fingerprint density at radius 2 is 2.00 bits per heavy atom. The van der Waals surface area contributed by atoms with Crippen LogP contribution in [0.2, 0.25) is 0 Å². The van der Waals surface area contributed by atoms with Crippen LogP contribution in [0.25, 0.3) is 0 Å². The Morgan fingerprint density at radius 1 is 1.29 bits per heavy atom. The molecule has 0 spiro atoms. The van der Waals surface area contributed by atoms with E-state index < -0.39 is 5.97 Å². The summed E-state index contributed by atoms with van der Waals surface area (Å²) < 4.78 is 5.86. The third-order valence-corrected chi connectivity index (χ3v) is 4.99. The minimum atomic E-state index is -1.03. The van der Waals surface area contributed by atoms with Gasteiger partial charge in [0.25, 0.3) is 5.91 Å². The summed E-state index contributed by atoms with van der Waals surface area (Å²) in [5, 5.41) is 10.7. The summed E-state index contributed by atoms with van der Waals surface area (Å²) in [7, 11) is 0. The zero-order chi connectivity index (χ0) is 14.8. The molecule has 1 aliphatic carbocycles. The Bertz CT molecular complexity index is 530. The number of amides is 1. The van der Waals surface area contributed by atoms with Crippen LogP contribution in [0.4, 0.5) is 0 Å². The van der Waals surface area contributed by atoms with E-state index in [-0.39, 0.29) is 16.9 Å². The van der Waals surface area contributed by atoms with Crippen molar-refractivity contribution in [2.24, 2.45) is 5.92 Å². The standard InChI is InChI=1S/C15H19NO4S/c17-14(12-5-8-21-13(12)15(18)19)16-6-3-11(4-7-16)20-9-10-1-2-10/h5,8,10-11H,1-4,6-7,9H2,(H,18,19). The monoisotopic (exact) mass is 309 g/mol. The third-order valence-electron chi connectivity index (χ3n) is 4.08. The number of carboxylic acids is 1. The van der Waals surface area contributed by atoms with Crippen molar-refractivity contribution >= 4 is 23.2 Å². The maximum atomic E-state index is 12.4. The highest BCUT2D eigenvalue weighted by atomic mass is 32.1. The molecule has 2 fully saturated rings. The van der Waals surface area contributed by atoms with Gasteiger partial charge >= 0.3 is 5.97 Å². The maximum Gasteiger partial charge on any atom is 0.346 e. The first-order chi connectivity index (χ1) is 10.1. The lowest BCUT2D eigenvalue weighted by molar-refractivity contribution is 0.00405. The molecule has 0 aromatic carbocycles. The lowest BCUT2D eigenvalue weighted by atomic mass is 10.1. The van der Waals surface area contributed by atoms with E-state index in [1.807, 2.05) is 0 Å². The Labute approximate surface area is 127 Å². The van der Waals surface area contributed by atoms with Crippen LogP contribution in [0.3, 0.4) is 0 Å². The molecule has 2 heterocycles. The van der Waals surface area contributed by atoms with Gasteiger partial charge in [0, 0.05) is 19.7 Å². The summed E-state index contributed by atoms with van der Waals surface area (Å²) in [5.74, 6) is -0.445. The van der Waals surface area contributed by atoms with E-state index >= 15 is 0 Å². The number of hydrogen-bond donors (Lipinski definition) is 1. The lowest BCUT2D eigenvalue weighted by Gasteiger charge is -2.32. The van der Waals surface area contributed by atoms with E-state index in [0.717, 1.165) is 36.7 Å². The summed E-state index contributed by atoms with van der Waals surface area (Å²) >= 11 is 1.10. The Balaban J connectivity index is 1.54. The van der Waals surface area contributed by atoms with Crippen LogP contribution >= 0.6 is 11.3 Å². The molecule has 1 aromatic rings. The van der Waals surface area contributed by atoms with Crippen molar-refractivity contribution in [1.29, 1.82) is 0 Å². The molecule has 1 saturated heterocycles. The van der Waals surface area contributed by atoms with Gasteiger partial charge in [-0.15, -0.1) is 11.3 Å². The molecule has 0 bridgehead atoms. The number of thiophene rings is 1. The molecular weight excluding hydrogens is 290 g/mol. The second kappa shape index (κ2) is 6.15. The van der Waals surface area contributed by atoms with Gasteiger partial charge in [-0.05, 0) is 43.0 Å². The molecule has 0 atom stereocenters. The van der Waals surface area contributed by atoms with Crippen LogP contribution in [0.1, 0.15) is 45.7 Å². The molecule has 1 amide bonds. The van der Waals surface area contributed by atoms with Crippen LogP contribution in [0.5, 0.6) is 0 Å². The van der Waals surface area contributed by atoms with Crippen LogP contribution < -0.4 is 0 Å². The van der Waals surface area contributed by atoms with Gasteiger partial charge in [0.05, 0.1) is 11.7 Å². The number of likely N-dealkylation sites (tertiary alicyclic amines) is 1. The van der Waals surface area contributed by atoms with Crippen LogP contribution in [-0.2, 0) is 4.74 Å². The minimum absolute atomic E-state index is 0.132. The molecule has 1 aliphatic heterocycles. The molecule has 3 rings (SSSR count). The van der Waals surface area contributed by atoms with Gasteiger partial charge in [-0.2, -0.15) is 0 Å². The number of carbonyl (C=O) groups is 2. The molecule has 21 heavy (non-hydrogen) atoms. The van der Waals surface area contributed by atoms with E-state index in [1.165, 1.54) is 12.8 Å². The van der Waals surface area contributed by atoms with Gasteiger partial charge in [-0.25, -0.2) is 4.79 Å². The first-order valence-corrected chi connectivity index (χ1v) is 8.25. The highest BCUT2D eigenvalue weighted by Gasteiger charge is 2.29. The molecule has 114 valence electrons. The number of aromatic carboxylic acids is 1. The molecule has 1 N–H and O–H groups in total. The summed E-state index contributed by atoms with van der Waals surface area (Å²) in [6.07, 6.45) is 4.49. The third kappa shape index (κ3) is 3.44. The van der Waals surface area contributed by atoms with Gasteiger partial charge in [-0.3, -0.25) is 4.79 Å². The quantitative estimate of drug-likeness (QED) is 0.907. The van der Waals surface area contributed by atoms with Gasteiger partial charge in [0.1, 0.15) is 4.88 Å². The molecule has 6 heteroatoms. The lowest BCUT2D eigenvalue weighted by Crippen LogP contribution is -2.41. The van der Waals surface area contributed by atoms with Crippen molar-refractivity contribution < 1.29 is 19.4 Å². The predicted molar refractivity (Wildman–Crippen MR) is 78.9 cm³/mol. The molecule has 1 saturated carbocycles. The molecule has 0 radical (unpaired) electrons. The van der Waals surface area contributed by atoms with Crippen molar-refractivity contribution in [3.63, 3.8) is 0 Å². The Hall–Kier alpha value is -1.40. The summed E-state index contributed by atoms with van der Waals surface area (Å²) in [6.45, 7) is 2.14. The van der Waals surface area contributed by atoms with Crippen molar-refractivity contribution in [1.82, 2.24) is 4.90 Å². The summed E-state index contributed by atoms with van der Waals surface area (Å²) in [5.41, 5.74) is 0.310. The number of rotatable bonds is 5. The zero-order valence-electron chi connectivity index (χ0n) is 11.8. The fourth-order valence-electron chi connectivity index (χ4n) is 2.60. The number of nitrogens with zero attached hydrogens (tertiary/aromatic N) is 1. The van der Waals surface area contributed by atoms with Crippen LogP contribution in [-0.4, -0.2) is 47.7 Å². The molecule has 0 unspecified atom stereocenters. The summed E-state index contributed by atoms with van der Waals surface area (Å²) in [4.78, 5) is 25.4. The minimum Gasteiger partial charge on any atom is -0.477 e. The van der Waals surface area contributed by atoms with E-state index in [0.29, 0.717) is 18.7 Å². The fourth-order valence-corrected chi connectivity index (χ4v) is 3.32. The van der Waals surface area contributed by atoms with E-state index in [9.17, 15) is 9.59 Å². The van der Waals surface area contributed by atoms with Crippen molar-refractivity contribution in [3.8, 4) is 0 Å². The van der Waals surface area contributed by atoms with Gasteiger partial charge < -0.3 is 14.7 Å². The highest BCUT2D eigenvalue weighted by molar-refractivity contribution is 7.12.